The molecule has 0 saturated heterocycles. The highest BCUT2D eigenvalue weighted by atomic mass is 35.5. The molecule has 1 fully saturated rings. The Labute approximate surface area is 123 Å². The van der Waals surface area contributed by atoms with E-state index in [2.05, 4.69) is 5.32 Å². The summed E-state index contributed by atoms with van der Waals surface area (Å²) in [5.41, 5.74) is 6.24. The van der Waals surface area contributed by atoms with E-state index in [-0.39, 0.29) is 29.5 Å². The van der Waals surface area contributed by atoms with Crippen LogP contribution in [0.25, 0.3) is 0 Å². The predicted octanol–water partition coefficient (Wildman–Crippen LogP) is 2.40. The Morgan fingerprint density at radius 2 is 2.21 bits per heavy atom. The zero-order valence-corrected chi connectivity index (χ0v) is 12.2. The Kier molecular flexibility index (Phi) is 5.18. The fraction of sp³-hybridized carbons (Fsp3) is 0.462. The van der Waals surface area contributed by atoms with Crippen LogP contribution in [-0.4, -0.2) is 18.5 Å². The van der Waals surface area contributed by atoms with E-state index in [1.54, 1.807) is 13.0 Å². The maximum Gasteiger partial charge on any atom is 0.236 e. The summed E-state index contributed by atoms with van der Waals surface area (Å²) in [6.45, 7) is 2.14. The van der Waals surface area contributed by atoms with Crippen molar-refractivity contribution in [2.45, 2.75) is 31.2 Å². The first-order valence-electron chi connectivity index (χ1n) is 5.93. The van der Waals surface area contributed by atoms with Gasteiger partial charge in [-0.05, 0) is 37.5 Å². The molecule has 3 N–H and O–H groups in total. The SMILES string of the molecule is CC(N)C(=O)NCC1(c2ccc(F)cc2Cl)CC1.Cl. The smallest absolute Gasteiger partial charge is 0.236 e. The highest BCUT2D eigenvalue weighted by Gasteiger charge is 2.45. The molecule has 1 amide bonds. The van der Waals surface area contributed by atoms with Crippen LogP contribution in [0.4, 0.5) is 4.39 Å². The van der Waals surface area contributed by atoms with Gasteiger partial charge in [0, 0.05) is 17.0 Å². The van der Waals surface area contributed by atoms with Gasteiger partial charge in [-0.1, -0.05) is 17.7 Å². The Hall–Kier alpha value is -0.840. The van der Waals surface area contributed by atoms with Gasteiger partial charge in [0.25, 0.3) is 0 Å². The number of carbonyl (C=O) groups is 1. The number of halogens is 3. The third kappa shape index (κ3) is 3.59. The first-order valence-corrected chi connectivity index (χ1v) is 6.31. The number of hydrogen-bond acceptors (Lipinski definition) is 2. The maximum absolute atomic E-state index is 13.0. The topological polar surface area (TPSA) is 55.1 Å². The summed E-state index contributed by atoms with van der Waals surface area (Å²) in [5.74, 6) is -0.529. The van der Waals surface area contributed by atoms with Crippen molar-refractivity contribution in [1.82, 2.24) is 5.32 Å². The Morgan fingerprint density at radius 1 is 1.58 bits per heavy atom. The molecule has 1 aromatic carbocycles. The van der Waals surface area contributed by atoms with Gasteiger partial charge in [-0.2, -0.15) is 0 Å². The van der Waals surface area contributed by atoms with Gasteiger partial charge >= 0.3 is 0 Å². The van der Waals surface area contributed by atoms with E-state index in [0.717, 1.165) is 18.4 Å². The van der Waals surface area contributed by atoms with Crippen LogP contribution in [-0.2, 0) is 10.2 Å². The first-order chi connectivity index (χ1) is 8.44. The van der Waals surface area contributed by atoms with Crippen molar-refractivity contribution in [3.05, 3.63) is 34.6 Å². The van der Waals surface area contributed by atoms with Gasteiger partial charge in [0.1, 0.15) is 5.82 Å². The lowest BCUT2D eigenvalue weighted by Gasteiger charge is -2.18. The van der Waals surface area contributed by atoms with Crippen LogP contribution in [0.5, 0.6) is 0 Å². The van der Waals surface area contributed by atoms with Gasteiger partial charge in [-0.3, -0.25) is 4.79 Å². The lowest BCUT2D eigenvalue weighted by atomic mass is 9.95. The van der Waals surface area contributed by atoms with E-state index >= 15 is 0 Å². The molecule has 6 heteroatoms. The second-order valence-electron chi connectivity index (χ2n) is 4.91. The van der Waals surface area contributed by atoms with Gasteiger partial charge in [-0.15, -0.1) is 12.4 Å². The molecule has 1 aromatic rings. The zero-order chi connectivity index (χ0) is 13.3. The largest absolute Gasteiger partial charge is 0.354 e. The fourth-order valence-electron chi connectivity index (χ4n) is 2.03. The summed E-state index contributed by atoms with van der Waals surface area (Å²) < 4.78 is 13.0. The van der Waals surface area contributed by atoms with Crippen molar-refractivity contribution in [2.75, 3.05) is 6.54 Å². The number of nitrogens with one attached hydrogen (secondary N) is 1. The minimum absolute atomic E-state index is 0. The monoisotopic (exact) mass is 306 g/mol. The van der Waals surface area contributed by atoms with Gasteiger partial charge in [0.15, 0.2) is 0 Å². The number of amides is 1. The second-order valence-corrected chi connectivity index (χ2v) is 5.32. The van der Waals surface area contributed by atoms with Gasteiger partial charge < -0.3 is 11.1 Å². The number of hydrogen-bond donors (Lipinski definition) is 2. The van der Waals surface area contributed by atoms with E-state index in [1.807, 2.05) is 0 Å². The molecule has 1 aliphatic rings. The van der Waals surface area contributed by atoms with Crippen molar-refractivity contribution in [3.8, 4) is 0 Å². The van der Waals surface area contributed by atoms with Crippen LogP contribution in [0.1, 0.15) is 25.3 Å². The van der Waals surface area contributed by atoms with Crippen LogP contribution >= 0.6 is 24.0 Å². The van der Waals surface area contributed by atoms with E-state index in [4.69, 9.17) is 17.3 Å². The van der Waals surface area contributed by atoms with Gasteiger partial charge in [0.2, 0.25) is 5.91 Å². The average Bonchev–Trinajstić information content (AvgIpc) is 3.06. The molecule has 1 atom stereocenters. The molecule has 19 heavy (non-hydrogen) atoms. The summed E-state index contributed by atoms with van der Waals surface area (Å²) in [4.78, 5) is 11.5. The van der Waals surface area contributed by atoms with E-state index in [1.165, 1.54) is 12.1 Å². The highest BCUT2D eigenvalue weighted by Crippen LogP contribution is 2.50. The van der Waals surface area contributed by atoms with E-state index < -0.39 is 6.04 Å². The molecule has 1 unspecified atom stereocenters. The van der Waals surface area contributed by atoms with Crippen molar-refractivity contribution in [3.63, 3.8) is 0 Å². The van der Waals surface area contributed by atoms with E-state index in [0.29, 0.717) is 11.6 Å². The lowest BCUT2D eigenvalue weighted by Crippen LogP contribution is -2.41. The van der Waals surface area contributed by atoms with Crippen LogP contribution in [0.15, 0.2) is 18.2 Å². The van der Waals surface area contributed by atoms with Crippen molar-refractivity contribution >= 4 is 29.9 Å². The number of rotatable bonds is 4. The molecule has 0 aliphatic heterocycles. The minimum Gasteiger partial charge on any atom is -0.354 e. The molecule has 106 valence electrons. The highest BCUT2D eigenvalue weighted by molar-refractivity contribution is 6.31. The zero-order valence-electron chi connectivity index (χ0n) is 10.6. The third-order valence-electron chi connectivity index (χ3n) is 3.37. The quantitative estimate of drug-likeness (QED) is 0.897. The molecule has 0 spiro atoms. The summed E-state index contributed by atoms with van der Waals surface area (Å²) in [6, 6.07) is 3.88. The van der Waals surface area contributed by atoms with Gasteiger partial charge in [-0.25, -0.2) is 4.39 Å². The molecule has 0 radical (unpaired) electrons. The molecule has 3 nitrogen and oxygen atoms in total. The molecule has 0 bridgehead atoms. The molecule has 0 heterocycles. The van der Waals surface area contributed by atoms with Crippen LogP contribution in [0, 0.1) is 5.82 Å². The van der Waals surface area contributed by atoms with Crippen LogP contribution in [0.2, 0.25) is 5.02 Å². The molecule has 1 saturated carbocycles. The normalized spacial score (nSPS) is 17.3. The van der Waals surface area contributed by atoms with Crippen LogP contribution < -0.4 is 11.1 Å². The maximum atomic E-state index is 13.0. The third-order valence-corrected chi connectivity index (χ3v) is 3.68. The number of nitrogens with two attached hydrogens (primary N) is 1. The predicted molar refractivity (Wildman–Crippen MR) is 76.2 cm³/mol. The second kappa shape index (κ2) is 6.07. The number of carbonyl (C=O) groups excluding carboxylic acids is 1. The number of benzene rings is 1. The summed E-state index contributed by atoms with van der Waals surface area (Å²) in [6.07, 6.45) is 1.88. The Morgan fingerprint density at radius 3 is 2.68 bits per heavy atom. The Bertz CT molecular complexity index is 476. The average molecular weight is 307 g/mol. The lowest BCUT2D eigenvalue weighted by molar-refractivity contribution is -0.122. The summed E-state index contributed by atoms with van der Waals surface area (Å²) in [5, 5.41) is 3.23. The van der Waals surface area contributed by atoms with Gasteiger partial charge in [0.05, 0.1) is 6.04 Å². The van der Waals surface area contributed by atoms with Crippen LogP contribution in [0.3, 0.4) is 0 Å². The summed E-state index contributed by atoms with van der Waals surface area (Å²) >= 11 is 6.05. The molecule has 2 rings (SSSR count). The molecular formula is C13H17Cl2FN2O. The van der Waals surface area contributed by atoms with Crippen molar-refractivity contribution in [1.29, 1.82) is 0 Å². The fourth-order valence-corrected chi connectivity index (χ4v) is 2.40. The Balaban J connectivity index is 0.00000180. The summed E-state index contributed by atoms with van der Waals surface area (Å²) in [7, 11) is 0. The van der Waals surface area contributed by atoms with Crippen molar-refractivity contribution < 1.29 is 9.18 Å². The van der Waals surface area contributed by atoms with E-state index in [9.17, 15) is 9.18 Å². The minimum atomic E-state index is -0.524. The molecule has 0 aromatic heterocycles. The molecular weight excluding hydrogens is 290 g/mol. The molecule has 1 aliphatic carbocycles. The standard InChI is InChI=1S/C13H16ClFN2O.ClH/c1-8(16)12(18)17-7-13(4-5-13)10-3-2-9(15)6-11(10)14;/h2-3,6,8H,4-5,7,16H2,1H3,(H,17,18);1H. The first kappa shape index (κ1) is 16.2. The van der Waals surface area contributed by atoms with Crippen molar-refractivity contribution in [2.24, 2.45) is 5.73 Å².